The minimum atomic E-state index is -0.404. The van der Waals surface area contributed by atoms with Gasteiger partial charge in [0.05, 0.1) is 0 Å². The molecule has 0 spiro atoms. The lowest BCUT2D eigenvalue weighted by molar-refractivity contribution is 0.183. The van der Waals surface area contributed by atoms with E-state index in [0.29, 0.717) is 10.8 Å². The van der Waals surface area contributed by atoms with Gasteiger partial charge >= 0.3 is 0 Å². The summed E-state index contributed by atoms with van der Waals surface area (Å²) >= 11 is 5.85. The van der Waals surface area contributed by atoms with Crippen molar-refractivity contribution in [2.24, 2.45) is 0 Å². The lowest BCUT2D eigenvalue weighted by Gasteiger charge is -2.16. The highest BCUT2D eigenvalue weighted by atomic mass is 35.5. The molecule has 6 heteroatoms. The Morgan fingerprint density at radius 2 is 2.20 bits per heavy atom. The number of nitrogens with zero attached hydrogens (tertiary/aromatic N) is 3. The predicted molar refractivity (Wildman–Crippen MR) is 73.4 cm³/mol. The molecule has 1 aliphatic rings. The average Bonchev–Trinajstić information content (AvgIpc) is 2.64. The van der Waals surface area contributed by atoms with E-state index in [2.05, 4.69) is 10.1 Å². The van der Waals surface area contributed by atoms with Gasteiger partial charge in [-0.1, -0.05) is 11.6 Å². The summed E-state index contributed by atoms with van der Waals surface area (Å²) in [7, 11) is 0. The van der Waals surface area contributed by atoms with Crippen LogP contribution in [0.2, 0.25) is 5.02 Å². The molecule has 0 fully saturated rings. The summed E-state index contributed by atoms with van der Waals surface area (Å²) < 4.78 is 21.1. The van der Waals surface area contributed by atoms with E-state index in [1.807, 2.05) is 11.6 Å². The van der Waals surface area contributed by atoms with Crippen molar-refractivity contribution in [1.29, 1.82) is 0 Å². The van der Waals surface area contributed by atoms with E-state index in [1.54, 1.807) is 6.07 Å². The zero-order valence-corrected chi connectivity index (χ0v) is 11.9. The molecule has 2 aromatic rings. The highest BCUT2D eigenvalue weighted by Gasteiger charge is 2.24. The number of rotatable bonds is 2. The van der Waals surface area contributed by atoms with Crippen LogP contribution in [0.3, 0.4) is 0 Å². The summed E-state index contributed by atoms with van der Waals surface area (Å²) in [5.41, 5.74) is 0. The molecular formula is C14H15ClFN3O. The Hall–Kier alpha value is -1.62. The van der Waals surface area contributed by atoms with E-state index in [0.717, 1.165) is 37.5 Å². The summed E-state index contributed by atoms with van der Waals surface area (Å²) in [4.78, 5) is 4.43. The largest absolute Gasteiger partial charge is 0.482 e. The molecule has 106 valence electrons. The summed E-state index contributed by atoms with van der Waals surface area (Å²) in [6, 6.07) is 4.21. The van der Waals surface area contributed by atoms with Gasteiger partial charge in [-0.3, -0.25) is 0 Å². The number of ether oxygens (including phenoxy) is 1. The van der Waals surface area contributed by atoms with E-state index in [4.69, 9.17) is 16.3 Å². The van der Waals surface area contributed by atoms with Crippen molar-refractivity contribution in [3.63, 3.8) is 0 Å². The highest BCUT2D eigenvalue weighted by Crippen LogP contribution is 2.30. The van der Waals surface area contributed by atoms with E-state index in [9.17, 15) is 4.39 Å². The normalized spacial score (nSPS) is 18.4. The van der Waals surface area contributed by atoms with Gasteiger partial charge in [-0.15, -0.1) is 0 Å². The minimum Gasteiger partial charge on any atom is -0.482 e. The van der Waals surface area contributed by atoms with Gasteiger partial charge in [0.15, 0.2) is 11.9 Å². The lowest BCUT2D eigenvalue weighted by Crippen LogP contribution is -2.12. The molecule has 1 aromatic carbocycles. The maximum absolute atomic E-state index is 13.4. The van der Waals surface area contributed by atoms with Crippen molar-refractivity contribution in [1.82, 2.24) is 14.8 Å². The molecule has 0 bridgehead atoms. The van der Waals surface area contributed by atoms with Crippen LogP contribution in [0.4, 0.5) is 4.39 Å². The quantitative estimate of drug-likeness (QED) is 0.848. The van der Waals surface area contributed by atoms with Crippen LogP contribution >= 0.6 is 11.6 Å². The molecule has 0 amide bonds. The third-order valence-corrected chi connectivity index (χ3v) is 3.51. The smallest absolute Gasteiger partial charge is 0.168 e. The van der Waals surface area contributed by atoms with Gasteiger partial charge in [0, 0.05) is 17.6 Å². The molecular weight excluding hydrogens is 281 g/mol. The second-order valence-electron chi connectivity index (χ2n) is 4.95. The molecule has 20 heavy (non-hydrogen) atoms. The van der Waals surface area contributed by atoms with Crippen molar-refractivity contribution >= 4 is 11.6 Å². The highest BCUT2D eigenvalue weighted by molar-refractivity contribution is 6.30. The van der Waals surface area contributed by atoms with E-state index in [-0.39, 0.29) is 6.10 Å². The average molecular weight is 296 g/mol. The summed E-state index contributed by atoms with van der Waals surface area (Å²) in [6.45, 7) is 2.71. The fourth-order valence-corrected chi connectivity index (χ4v) is 2.68. The van der Waals surface area contributed by atoms with Gasteiger partial charge in [0.25, 0.3) is 0 Å². The molecule has 0 saturated heterocycles. The molecule has 1 aromatic heterocycles. The number of hydrogen-bond acceptors (Lipinski definition) is 3. The van der Waals surface area contributed by atoms with Crippen LogP contribution in [0.5, 0.6) is 5.75 Å². The topological polar surface area (TPSA) is 39.9 Å². The third kappa shape index (κ3) is 2.77. The molecule has 0 saturated carbocycles. The minimum absolute atomic E-state index is 0.212. The molecule has 1 aliphatic heterocycles. The summed E-state index contributed by atoms with van der Waals surface area (Å²) in [5.74, 6) is 1.56. The predicted octanol–water partition coefficient (Wildman–Crippen LogP) is 3.68. The summed E-state index contributed by atoms with van der Waals surface area (Å²) in [5, 5.41) is 4.69. The summed E-state index contributed by atoms with van der Waals surface area (Å²) in [6.07, 6.45) is 2.69. The number of aromatic nitrogens is 3. The van der Waals surface area contributed by atoms with Gasteiger partial charge in [-0.2, -0.15) is 5.10 Å². The SMILES string of the molecule is Cc1nc2n(n1)CCCCC2Oc1cc(F)cc(Cl)c1. The Balaban J connectivity index is 1.89. The number of hydrogen-bond donors (Lipinski definition) is 0. The van der Waals surface area contributed by atoms with Gasteiger partial charge < -0.3 is 4.74 Å². The van der Waals surface area contributed by atoms with Crippen LogP contribution in [0.25, 0.3) is 0 Å². The molecule has 3 rings (SSSR count). The number of benzene rings is 1. The molecule has 2 heterocycles. The maximum atomic E-state index is 13.4. The van der Waals surface area contributed by atoms with Crippen LogP contribution in [0.15, 0.2) is 18.2 Å². The second kappa shape index (κ2) is 5.40. The lowest BCUT2D eigenvalue weighted by atomic mass is 10.1. The Morgan fingerprint density at radius 1 is 1.35 bits per heavy atom. The van der Waals surface area contributed by atoms with Crippen LogP contribution in [0, 0.1) is 12.7 Å². The van der Waals surface area contributed by atoms with Crippen LogP contribution in [-0.2, 0) is 6.54 Å². The van der Waals surface area contributed by atoms with Gasteiger partial charge in [-0.05, 0) is 38.3 Å². The molecule has 0 aliphatic carbocycles. The number of fused-ring (bicyclic) bond motifs is 1. The second-order valence-corrected chi connectivity index (χ2v) is 5.38. The first-order valence-corrected chi connectivity index (χ1v) is 7.04. The van der Waals surface area contributed by atoms with Crippen LogP contribution in [-0.4, -0.2) is 14.8 Å². The monoisotopic (exact) mass is 295 g/mol. The zero-order chi connectivity index (χ0) is 14.1. The first-order valence-electron chi connectivity index (χ1n) is 6.66. The van der Waals surface area contributed by atoms with Crippen molar-refractivity contribution in [3.8, 4) is 5.75 Å². The van der Waals surface area contributed by atoms with E-state index < -0.39 is 5.82 Å². The van der Waals surface area contributed by atoms with Gasteiger partial charge in [-0.25, -0.2) is 14.1 Å². The first kappa shape index (κ1) is 13.4. The molecule has 4 nitrogen and oxygen atoms in total. The fraction of sp³-hybridized carbons (Fsp3) is 0.429. The van der Waals surface area contributed by atoms with E-state index in [1.165, 1.54) is 12.1 Å². The van der Waals surface area contributed by atoms with Crippen molar-refractivity contribution < 1.29 is 9.13 Å². The Bertz CT molecular complexity index is 609. The standard InChI is InChI=1S/C14H15ClFN3O/c1-9-17-14-13(4-2-3-5-19(14)18-9)20-12-7-10(15)6-11(16)8-12/h6-8,13H,2-5H2,1H3. The Morgan fingerprint density at radius 3 is 3.00 bits per heavy atom. The Kier molecular flexibility index (Phi) is 3.61. The van der Waals surface area contributed by atoms with Crippen LogP contribution in [0.1, 0.15) is 37.0 Å². The van der Waals surface area contributed by atoms with E-state index >= 15 is 0 Å². The van der Waals surface area contributed by atoms with Crippen molar-refractivity contribution in [3.05, 3.63) is 40.7 Å². The molecule has 1 atom stereocenters. The molecule has 0 radical (unpaired) electrons. The Labute approximate surface area is 121 Å². The number of halogens is 2. The molecule has 1 unspecified atom stereocenters. The third-order valence-electron chi connectivity index (χ3n) is 3.29. The van der Waals surface area contributed by atoms with Crippen LogP contribution < -0.4 is 4.74 Å². The van der Waals surface area contributed by atoms with Crippen molar-refractivity contribution in [2.75, 3.05) is 0 Å². The van der Waals surface area contributed by atoms with Gasteiger partial charge in [0.2, 0.25) is 0 Å². The first-order chi connectivity index (χ1) is 9.61. The maximum Gasteiger partial charge on any atom is 0.168 e. The molecule has 0 N–H and O–H groups in total. The van der Waals surface area contributed by atoms with Gasteiger partial charge in [0.1, 0.15) is 17.4 Å². The fourth-order valence-electron chi connectivity index (χ4n) is 2.47. The van der Waals surface area contributed by atoms with Crippen molar-refractivity contribution in [2.45, 2.75) is 38.8 Å². The number of aryl methyl sites for hydroxylation is 2. The zero-order valence-electron chi connectivity index (χ0n) is 11.1.